The fourth-order valence-corrected chi connectivity index (χ4v) is 3.25. The molecule has 0 amide bonds. The van der Waals surface area contributed by atoms with E-state index in [4.69, 9.17) is 5.11 Å². The summed E-state index contributed by atoms with van der Waals surface area (Å²) in [4.78, 5) is 15.6. The predicted octanol–water partition coefficient (Wildman–Crippen LogP) is 2.69. The predicted molar refractivity (Wildman–Crippen MR) is 88.8 cm³/mol. The highest BCUT2D eigenvalue weighted by atomic mass is 16.4. The molecule has 0 aliphatic carbocycles. The Labute approximate surface area is 133 Å². The maximum Gasteiger partial charge on any atom is 0.317 e. The SMILES string of the molecule is CC(C)N(CC(=O)O)C[C@@H]1CCCN(Cc2ccccc2)C1. The van der Waals surface area contributed by atoms with Gasteiger partial charge >= 0.3 is 5.97 Å². The van der Waals surface area contributed by atoms with Gasteiger partial charge in [-0.15, -0.1) is 0 Å². The van der Waals surface area contributed by atoms with E-state index >= 15 is 0 Å². The van der Waals surface area contributed by atoms with Crippen molar-refractivity contribution < 1.29 is 9.90 Å². The summed E-state index contributed by atoms with van der Waals surface area (Å²) in [6.07, 6.45) is 2.41. The lowest BCUT2D eigenvalue weighted by Gasteiger charge is -2.36. The molecule has 1 N–H and O–H groups in total. The lowest BCUT2D eigenvalue weighted by Crippen LogP contribution is -2.44. The van der Waals surface area contributed by atoms with Crippen LogP contribution in [-0.4, -0.2) is 53.1 Å². The number of piperidine rings is 1. The van der Waals surface area contributed by atoms with Gasteiger partial charge in [0.25, 0.3) is 0 Å². The minimum Gasteiger partial charge on any atom is -0.480 e. The van der Waals surface area contributed by atoms with E-state index in [0.29, 0.717) is 5.92 Å². The van der Waals surface area contributed by atoms with Crippen LogP contribution in [0.1, 0.15) is 32.3 Å². The molecule has 22 heavy (non-hydrogen) atoms. The van der Waals surface area contributed by atoms with Gasteiger partial charge in [-0.2, -0.15) is 0 Å². The van der Waals surface area contributed by atoms with Crippen molar-refractivity contribution in [3.63, 3.8) is 0 Å². The molecule has 1 saturated heterocycles. The molecular weight excluding hydrogens is 276 g/mol. The number of benzene rings is 1. The highest BCUT2D eigenvalue weighted by Gasteiger charge is 2.24. The first-order valence-electron chi connectivity index (χ1n) is 8.26. The van der Waals surface area contributed by atoms with Gasteiger partial charge < -0.3 is 5.11 Å². The lowest BCUT2D eigenvalue weighted by molar-refractivity contribution is -0.139. The number of rotatable bonds is 7. The van der Waals surface area contributed by atoms with Crippen LogP contribution < -0.4 is 0 Å². The fraction of sp³-hybridized carbons (Fsp3) is 0.611. The van der Waals surface area contributed by atoms with Gasteiger partial charge in [0.05, 0.1) is 6.54 Å². The second kappa shape index (κ2) is 8.30. The number of hydrogen-bond donors (Lipinski definition) is 1. The Hall–Kier alpha value is -1.39. The number of aliphatic carboxylic acids is 1. The Kier molecular flexibility index (Phi) is 6.40. The lowest BCUT2D eigenvalue weighted by atomic mass is 9.96. The number of carbonyl (C=O) groups is 1. The van der Waals surface area contributed by atoms with Gasteiger partial charge in [-0.25, -0.2) is 0 Å². The van der Waals surface area contributed by atoms with Gasteiger partial charge in [0, 0.05) is 25.7 Å². The van der Waals surface area contributed by atoms with Crippen LogP contribution in [0.5, 0.6) is 0 Å². The molecule has 1 aliphatic heterocycles. The third-order valence-corrected chi connectivity index (χ3v) is 4.41. The average molecular weight is 304 g/mol. The van der Waals surface area contributed by atoms with Crippen LogP contribution in [0.3, 0.4) is 0 Å². The van der Waals surface area contributed by atoms with Crippen molar-refractivity contribution in [2.24, 2.45) is 5.92 Å². The third-order valence-electron chi connectivity index (χ3n) is 4.41. The molecule has 0 aromatic heterocycles. The first-order chi connectivity index (χ1) is 10.5. The van der Waals surface area contributed by atoms with Gasteiger partial charge in [-0.05, 0) is 44.7 Å². The zero-order valence-electron chi connectivity index (χ0n) is 13.7. The highest BCUT2D eigenvalue weighted by molar-refractivity contribution is 5.69. The van der Waals surface area contributed by atoms with Crippen LogP contribution in [0.4, 0.5) is 0 Å². The summed E-state index contributed by atoms with van der Waals surface area (Å²) in [5, 5.41) is 9.06. The molecule has 1 fully saturated rings. The monoisotopic (exact) mass is 304 g/mol. The van der Waals surface area contributed by atoms with Crippen LogP contribution in [-0.2, 0) is 11.3 Å². The molecule has 1 aliphatic rings. The van der Waals surface area contributed by atoms with E-state index in [0.717, 1.165) is 26.2 Å². The number of likely N-dealkylation sites (tertiary alicyclic amines) is 1. The summed E-state index contributed by atoms with van der Waals surface area (Å²) in [6, 6.07) is 10.9. The van der Waals surface area contributed by atoms with E-state index < -0.39 is 5.97 Å². The molecule has 122 valence electrons. The molecule has 0 saturated carbocycles. The first-order valence-corrected chi connectivity index (χ1v) is 8.26. The molecule has 4 heteroatoms. The van der Waals surface area contributed by atoms with Crippen LogP contribution in [0, 0.1) is 5.92 Å². The zero-order chi connectivity index (χ0) is 15.9. The molecule has 0 spiro atoms. The Bertz CT molecular complexity index is 461. The highest BCUT2D eigenvalue weighted by Crippen LogP contribution is 2.20. The largest absolute Gasteiger partial charge is 0.480 e. The quantitative estimate of drug-likeness (QED) is 0.841. The molecule has 1 aromatic carbocycles. The smallest absolute Gasteiger partial charge is 0.317 e. The minimum absolute atomic E-state index is 0.146. The zero-order valence-corrected chi connectivity index (χ0v) is 13.7. The molecule has 0 unspecified atom stereocenters. The number of carboxylic acid groups (broad SMARTS) is 1. The van der Waals surface area contributed by atoms with Crippen molar-refractivity contribution in [1.29, 1.82) is 0 Å². The number of hydrogen-bond acceptors (Lipinski definition) is 3. The Morgan fingerprint density at radius 1 is 1.36 bits per heavy atom. The summed E-state index contributed by atoms with van der Waals surface area (Å²) in [6.45, 7) is 8.39. The first kappa shape index (κ1) is 17.0. The van der Waals surface area contributed by atoms with Gasteiger partial charge in [0.15, 0.2) is 0 Å². The molecule has 1 aromatic rings. The van der Waals surface area contributed by atoms with E-state index in [-0.39, 0.29) is 12.6 Å². The van der Waals surface area contributed by atoms with Crippen LogP contribution >= 0.6 is 0 Å². The van der Waals surface area contributed by atoms with Gasteiger partial charge in [-0.3, -0.25) is 14.6 Å². The third kappa shape index (κ3) is 5.43. The maximum atomic E-state index is 11.0. The Morgan fingerprint density at radius 2 is 2.09 bits per heavy atom. The van der Waals surface area contributed by atoms with E-state index in [1.165, 1.54) is 18.4 Å². The van der Waals surface area contributed by atoms with E-state index in [2.05, 4.69) is 54.0 Å². The maximum absolute atomic E-state index is 11.0. The molecule has 0 radical (unpaired) electrons. The normalized spacial score (nSPS) is 19.7. The van der Waals surface area contributed by atoms with Crippen molar-refractivity contribution in [2.75, 3.05) is 26.2 Å². The van der Waals surface area contributed by atoms with Crippen LogP contribution in [0.15, 0.2) is 30.3 Å². The topological polar surface area (TPSA) is 43.8 Å². The minimum atomic E-state index is -0.731. The van der Waals surface area contributed by atoms with Crippen molar-refractivity contribution in [3.05, 3.63) is 35.9 Å². The van der Waals surface area contributed by atoms with E-state index in [1.807, 2.05) is 0 Å². The molecular formula is C18H28N2O2. The van der Waals surface area contributed by atoms with Gasteiger partial charge in [-0.1, -0.05) is 30.3 Å². The molecule has 2 rings (SSSR count). The van der Waals surface area contributed by atoms with Crippen molar-refractivity contribution in [1.82, 2.24) is 9.80 Å². The van der Waals surface area contributed by atoms with Gasteiger partial charge in [0.2, 0.25) is 0 Å². The van der Waals surface area contributed by atoms with Crippen LogP contribution in [0.2, 0.25) is 0 Å². The fourth-order valence-electron chi connectivity index (χ4n) is 3.25. The van der Waals surface area contributed by atoms with E-state index in [9.17, 15) is 4.79 Å². The van der Waals surface area contributed by atoms with Crippen molar-refractivity contribution in [2.45, 2.75) is 39.3 Å². The van der Waals surface area contributed by atoms with Crippen molar-refractivity contribution >= 4 is 5.97 Å². The summed E-state index contributed by atoms with van der Waals surface area (Å²) in [7, 11) is 0. The second-order valence-corrected chi connectivity index (χ2v) is 6.65. The molecule has 1 heterocycles. The Morgan fingerprint density at radius 3 is 2.73 bits per heavy atom. The van der Waals surface area contributed by atoms with Crippen LogP contribution in [0.25, 0.3) is 0 Å². The van der Waals surface area contributed by atoms with Gasteiger partial charge in [0.1, 0.15) is 0 Å². The van der Waals surface area contributed by atoms with E-state index in [1.54, 1.807) is 0 Å². The average Bonchev–Trinajstić information content (AvgIpc) is 2.47. The Balaban J connectivity index is 1.88. The standard InChI is InChI=1S/C18H28N2O2/c1-15(2)20(14-18(21)22)13-17-9-6-10-19(12-17)11-16-7-4-3-5-8-16/h3-5,7-8,15,17H,6,9-14H2,1-2H3,(H,21,22)/t17-/m1/s1. The summed E-state index contributed by atoms with van der Waals surface area (Å²) >= 11 is 0. The molecule has 1 atom stereocenters. The summed E-state index contributed by atoms with van der Waals surface area (Å²) in [5.41, 5.74) is 1.36. The molecule has 4 nitrogen and oxygen atoms in total. The summed E-state index contributed by atoms with van der Waals surface area (Å²) in [5.74, 6) is -0.162. The number of nitrogens with zero attached hydrogens (tertiary/aromatic N) is 2. The summed E-state index contributed by atoms with van der Waals surface area (Å²) < 4.78 is 0. The second-order valence-electron chi connectivity index (χ2n) is 6.65. The van der Waals surface area contributed by atoms with Crippen molar-refractivity contribution in [3.8, 4) is 0 Å². The number of carboxylic acids is 1. The molecule has 0 bridgehead atoms.